The van der Waals surface area contributed by atoms with Crippen LogP contribution in [0.1, 0.15) is 0 Å². The third-order valence-corrected chi connectivity index (χ3v) is 3.17. The Balaban J connectivity index is 1.96. The summed E-state index contributed by atoms with van der Waals surface area (Å²) in [4.78, 5) is 15.7. The SMILES string of the molecule is Nc1ccc2nc(Sc3nc(N)cc(N)n3)[nH]c2c1. The maximum absolute atomic E-state index is 5.71. The van der Waals surface area contributed by atoms with Gasteiger partial charge in [-0.2, -0.15) is 0 Å². The van der Waals surface area contributed by atoms with Gasteiger partial charge >= 0.3 is 0 Å². The Morgan fingerprint density at radius 1 is 0.947 bits per heavy atom. The topological polar surface area (TPSA) is 133 Å². The number of aromatic nitrogens is 4. The molecule has 7 N–H and O–H groups in total. The van der Waals surface area contributed by atoms with Gasteiger partial charge in [0.2, 0.25) is 0 Å². The van der Waals surface area contributed by atoms with E-state index in [9.17, 15) is 0 Å². The number of nitrogens with zero attached hydrogens (tertiary/aromatic N) is 3. The smallest absolute Gasteiger partial charge is 0.199 e. The average molecular weight is 273 g/mol. The Morgan fingerprint density at radius 3 is 2.42 bits per heavy atom. The zero-order valence-electron chi connectivity index (χ0n) is 9.79. The molecule has 0 fully saturated rings. The van der Waals surface area contributed by atoms with Gasteiger partial charge in [0, 0.05) is 11.8 Å². The highest BCUT2D eigenvalue weighted by Gasteiger charge is 2.08. The minimum Gasteiger partial charge on any atom is -0.399 e. The van der Waals surface area contributed by atoms with Gasteiger partial charge in [-0.05, 0) is 30.0 Å². The number of fused-ring (bicyclic) bond motifs is 1. The first-order valence-electron chi connectivity index (χ1n) is 5.43. The van der Waals surface area contributed by atoms with E-state index >= 15 is 0 Å². The van der Waals surface area contributed by atoms with Gasteiger partial charge < -0.3 is 22.2 Å². The Hall–Kier alpha value is -2.48. The van der Waals surface area contributed by atoms with Crippen LogP contribution >= 0.6 is 11.8 Å². The van der Waals surface area contributed by atoms with Gasteiger partial charge in [0.1, 0.15) is 11.6 Å². The molecule has 7 nitrogen and oxygen atoms in total. The first kappa shape index (κ1) is 11.6. The molecule has 0 bridgehead atoms. The van der Waals surface area contributed by atoms with Crippen LogP contribution in [0.5, 0.6) is 0 Å². The molecule has 0 amide bonds. The monoisotopic (exact) mass is 273 g/mol. The summed E-state index contributed by atoms with van der Waals surface area (Å²) in [5, 5.41) is 1.11. The summed E-state index contributed by atoms with van der Waals surface area (Å²) in [7, 11) is 0. The summed E-state index contributed by atoms with van der Waals surface area (Å²) in [6, 6.07) is 6.97. The number of benzene rings is 1. The fourth-order valence-electron chi connectivity index (χ4n) is 1.65. The van der Waals surface area contributed by atoms with Crippen LogP contribution in [-0.2, 0) is 0 Å². The number of hydrogen-bond acceptors (Lipinski definition) is 7. The lowest BCUT2D eigenvalue weighted by molar-refractivity contribution is 0.969. The van der Waals surface area contributed by atoms with Crippen LogP contribution in [0.25, 0.3) is 11.0 Å². The van der Waals surface area contributed by atoms with Gasteiger partial charge in [0.15, 0.2) is 10.3 Å². The van der Waals surface area contributed by atoms with Crippen molar-refractivity contribution >= 4 is 40.1 Å². The van der Waals surface area contributed by atoms with Crippen molar-refractivity contribution in [2.45, 2.75) is 10.3 Å². The predicted octanol–water partition coefficient (Wildman–Crippen LogP) is 1.25. The third kappa shape index (κ3) is 2.38. The van der Waals surface area contributed by atoms with Crippen molar-refractivity contribution < 1.29 is 0 Å². The zero-order valence-corrected chi connectivity index (χ0v) is 10.6. The summed E-state index contributed by atoms with van der Waals surface area (Å²) >= 11 is 1.26. The van der Waals surface area contributed by atoms with E-state index in [2.05, 4.69) is 19.9 Å². The largest absolute Gasteiger partial charge is 0.399 e. The first-order chi connectivity index (χ1) is 9.10. The van der Waals surface area contributed by atoms with Crippen LogP contribution < -0.4 is 17.2 Å². The molecule has 3 aromatic rings. The maximum atomic E-state index is 5.71. The van der Waals surface area contributed by atoms with Crippen molar-refractivity contribution in [3.63, 3.8) is 0 Å². The quantitative estimate of drug-likeness (QED) is 0.408. The zero-order chi connectivity index (χ0) is 13.4. The molecule has 2 heterocycles. The van der Waals surface area contributed by atoms with Crippen LogP contribution in [0.3, 0.4) is 0 Å². The Morgan fingerprint density at radius 2 is 1.68 bits per heavy atom. The maximum Gasteiger partial charge on any atom is 0.199 e. The molecule has 0 spiro atoms. The lowest BCUT2D eigenvalue weighted by atomic mass is 10.3. The molecule has 96 valence electrons. The third-order valence-electron chi connectivity index (χ3n) is 2.42. The fourth-order valence-corrected chi connectivity index (χ4v) is 2.43. The van der Waals surface area contributed by atoms with E-state index in [1.165, 1.54) is 17.8 Å². The van der Waals surface area contributed by atoms with E-state index < -0.39 is 0 Å². The summed E-state index contributed by atoms with van der Waals surface area (Å²) in [5.74, 6) is 0.658. The molecule has 0 saturated heterocycles. The second kappa shape index (κ2) is 4.32. The molecular weight excluding hydrogens is 262 g/mol. The molecule has 3 rings (SSSR count). The standard InChI is InChI=1S/C11H11N7S/c12-5-1-2-6-7(3-5)16-10(15-6)19-11-17-8(13)4-9(14)18-11/h1-4H,12H2,(H,15,16)(H4,13,14,17,18). The van der Waals surface area contributed by atoms with Crippen molar-refractivity contribution in [2.75, 3.05) is 17.2 Å². The fraction of sp³-hybridized carbons (Fsp3) is 0. The molecule has 0 aliphatic heterocycles. The van der Waals surface area contributed by atoms with Crippen LogP contribution in [0.2, 0.25) is 0 Å². The van der Waals surface area contributed by atoms with Crippen LogP contribution in [0.4, 0.5) is 17.3 Å². The molecule has 0 radical (unpaired) electrons. The molecule has 0 saturated carbocycles. The average Bonchev–Trinajstić information content (AvgIpc) is 2.68. The number of aromatic amines is 1. The molecular formula is C11H11N7S. The molecule has 1 aromatic carbocycles. The lowest BCUT2D eigenvalue weighted by Gasteiger charge is -1.99. The van der Waals surface area contributed by atoms with Crippen molar-refractivity contribution in [1.82, 2.24) is 19.9 Å². The van der Waals surface area contributed by atoms with Crippen molar-refractivity contribution in [3.8, 4) is 0 Å². The van der Waals surface area contributed by atoms with E-state index in [1.54, 1.807) is 6.07 Å². The Bertz CT molecular complexity index is 732. The highest BCUT2D eigenvalue weighted by molar-refractivity contribution is 7.99. The Kier molecular flexibility index (Phi) is 2.64. The number of nitrogens with one attached hydrogen (secondary N) is 1. The van der Waals surface area contributed by atoms with E-state index in [4.69, 9.17) is 17.2 Å². The van der Waals surface area contributed by atoms with Crippen LogP contribution in [-0.4, -0.2) is 19.9 Å². The molecule has 0 atom stereocenters. The van der Waals surface area contributed by atoms with Gasteiger partial charge in [-0.3, -0.25) is 0 Å². The summed E-state index contributed by atoms with van der Waals surface area (Å²) in [5.41, 5.74) is 19.3. The number of nitrogen functional groups attached to an aromatic ring is 3. The van der Waals surface area contributed by atoms with Crippen molar-refractivity contribution in [3.05, 3.63) is 24.3 Å². The van der Waals surface area contributed by atoms with Gasteiger partial charge in [-0.15, -0.1) is 0 Å². The normalized spacial score (nSPS) is 10.9. The van der Waals surface area contributed by atoms with Crippen LogP contribution in [0, 0.1) is 0 Å². The molecule has 0 aliphatic carbocycles. The van der Waals surface area contributed by atoms with Crippen molar-refractivity contribution in [2.24, 2.45) is 0 Å². The molecule has 0 unspecified atom stereocenters. The first-order valence-corrected chi connectivity index (χ1v) is 6.25. The number of imidazole rings is 1. The van der Waals surface area contributed by atoms with Gasteiger partial charge in [-0.25, -0.2) is 15.0 Å². The second-order valence-corrected chi connectivity index (χ2v) is 4.88. The van der Waals surface area contributed by atoms with E-state index in [-0.39, 0.29) is 0 Å². The van der Waals surface area contributed by atoms with Crippen molar-refractivity contribution in [1.29, 1.82) is 0 Å². The number of hydrogen-bond donors (Lipinski definition) is 4. The van der Waals surface area contributed by atoms with E-state index in [0.717, 1.165) is 11.0 Å². The Labute approximate surface area is 112 Å². The minimum atomic E-state index is 0.329. The van der Waals surface area contributed by atoms with Crippen LogP contribution in [0.15, 0.2) is 34.6 Å². The summed E-state index contributed by atoms with van der Waals surface area (Å²) < 4.78 is 0. The highest BCUT2D eigenvalue weighted by Crippen LogP contribution is 2.26. The predicted molar refractivity (Wildman–Crippen MR) is 75.5 cm³/mol. The summed E-state index contributed by atoms with van der Waals surface area (Å²) in [6.07, 6.45) is 0. The number of rotatable bonds is 2. The van der Waals surface area contributed by atoms with Gasteiger partial charge in [0.05, 0.1) is 11.0 Å². The van der Waals surface area contributed by atoms with E-state index in [1.807, 2.05) is 12.1 Å². The molecule has 2 aromatic heterocycles. The number of nitrogens with two attached hydrogens (primary N) is 3. The second-order valence-electron chi connectivity index (χ2n) is 3.92. The van der Waals surface area contributed by atoms with Gasteiger partial charge in [-0.1, -0.05) is 0 Å². The number of anilines is 3. The number of H-pyrrole nitrogens is 1. The minimum absolute atomic E-state index is 0.329. The summed E-state index contributed by atoms with van der Waals surface area (Å²) in [6.45, 7) is 0. The molecule has 19 heavy (non-hydrogen) atoms. The highest BCUT2D eigenvalue weighted by atomic mass is 32.2. The van der Waals surface area contributed by atoms with E-state index in [0.29, 0.717) is 27.6 Å². The van der Waals surface area contributed by atoms with Gasteiger partial charge in [0.25, 0.3) is 0 Å². The molecule has 8 heteroatoms. The molecule has 0 aliphatic rings. The lowest BCUT2D eigenvalue weighted by Crippen LogP contribution is -1.99.